The highest BCUT2D eigenvalue weighted by molar-refractivity contribution is 5.94. The first-order valence-electron chi connectivity index (χ1n) is 8.75. The minimum atomic E-state index is -0.357. The molecule has 0 unspecified atom stereocenters. The molecule has 0 aromatic heterocycles. The highest BCUT2D eigenvalue weighted by Gasteiger charge is 2.28. The molecule has 25 heavy (non-hydrogen) atoms. The Morgan fingerprint density at radius 3 is 2.48 bits per heavy atom. The average Bonchev–Trinajstić information content (AvgIpc) is 2.67. The third-order valence-corrected chi connectivity index (χ3v) is 4.76. The number of carbonyl (C=O) groups excluding carboxylic acids is 2. The molecule has 3 rings (SSSR count). The maximum atomic E-state index is 13.0. The van der Waals surface area contributed by atoms with Gasteiger partial charge in [-0.2, -0.15) is 0 Å². The van der Waals surface area contributed by atoms with E-state index in [-0.39, 0.29) is 23.4 Å². The number of rotatable bonds is 5. The standard InChI is InChI=1S/C21H22FNO2/c22-19-11-9-17(10-12-19)21(25)23-14-4-7-18(15-23)20(24)13-8-16-5-2-1-3-6-16/h1-3,5-6,9-12,18H,4,7-8,13-15H2/t18-/m1/s1. The summed E-state index contributed by atoms with van der Waals surface area (Å²) in [5.74, 6) is -0.355. The number of benzene rings is 2. The predicted octanol–water partition coefficient (Wildman–Crippen LogP) is 3.88. The molecule has 0 spiro atoms. The van der Waals surface area contributed by atoms with Gasteiger partial charge < -0.3 is 4.90 Å². The molecule has 2 aromatic rings. The maximum absolute atomic E-state index is 13.0. The Bertz CT molecular complexity index is 727. The molecule has 1 aliphatic heterocycles. The van der Waals surface area contributed by atoms with Crippen molar-refractivity contribution in [3.63, 3.8) is 0 Å². The fraction of sp³-hybridized carbons (Fsp3) is 0.333. The van der Waals surface area contributed by atoms with E-state index in [1.807, 2.05) is 30.3 Å². The second-order valence-corrected chi connectivity index (χ2v) is 6.55. The Morgan fingerprint density at radius 2 is 1.76 bits per heavy atom. The summed E-state index contributed by atoms with van der Waals surface area (Å²) in [7, 11) is 0. The van der Waals surface area contributed by atoms with Crippen molar-refractivity contribution in [1.82, 2.24) is 4.90 Å². The summed E-state index contributed by atoms with van der Waals surface area (Å²) < 4.78 is 13.0. The largest absolute Gasteiger partial charge is 0.338 e. The van der Waals surface area contributed by atoms with Crippen LogP contribution in [0, 0.1) is 11.7 Å². The molecule has 2 aromatic carbocycles. The number of carbonyl (C=O) groups is 2. The Morgan fingerprint density at radius 1 is 1.04 bits per heavy atom. The second kappa shape index (κ2) is 8.06. The second-order valence-electron chi connectivity index (χ2n) is 6.55. The lowest BCUT2D eigenvalue weighted by Gasteiger charge is -2.32. The van der Waals surface area contributed by atoms with Crippen LogP contribution < -0.4 is 0 Å². The molecule has 0 N–H and O–H groups in total. The van der Waals surface area contributed by atoms with Crippen molar-refractivity contribution in [1.29, 1.82) is 0 Å². The zero-order chi connectivity index (χ0) is 17.6. The first-order valence-corrected chi connectivity index (χ1v) is 8.75. The van der Waals surface area contributed by atoms with Gasteiger partial charge in [-0.15, -0.1) is 0 Å². The molecule has 4 heteroatoms. The van der Waals surface area contributed by atoms with Gasteiger partial charge in [-0.25, -0.2) is 4.39 Å². The minimum Gasteiger partial charge on any atom is -0.338 e. The van der Waals surface area contributed by atoms with Crippen LogP contribution in [0.25, 0.3) is 0 Å². The van der Waals surface area contributed by atoms with E-state index in [0.29, 0.717) is 25.1 Å². The van der Waals surface area contributed by atoms with Crippen LogP contribution in [0.4, 0.5) is 4.39 Å². The molecule has 1 saturated heterocycles. The van der Waals surface area contributed by atoms with Gasteiger partial charge in [0, 0.05) is 31.0 Å². The molecule has 0 bridgehead atoms. The Hall–Kier alpha value is -2.49. The van der Waals surface area contributed by atoms with E-state index in [1.54, 1.807) is 4.90 Å². The Kier molecular flexibility index (Phi) is 5.59. The number of aryl methyl sites for hydroxylation is 1. The molecule has 0 aliphatic carbocycles. The highest BCUT2D eigenvalue weighted by atomic mass is 19.1. The molecular formula is C21H22FNO2. The van der Waals surface area contributed by atoms with Gasteiger partial charge in [0.25, 0.3) is 5.91 Å². The Balaban J connectivity index is 1.57. The molecule has 1 fully saturated rings. The SMILES string of the molecule is O=C(CCc1ccccc1)[C@@H]1CCCN(C(=O)c2ccc(F)cc2)C1. The summed E-state index contributed by atoms with van der Waals surface area (Å²) in [4.78, 5) is 26.8. The van der Waals surface area contributed by atoms with Crippen molar-refractivity contribution in [2.24, 2.45) is 5.92 Å². The molecule has 1 atom stereocenters. The predicted molar refractivity (Wildman–Crippen MR) is 94.8 cm³/mol. The topological polar surface area (TPSA) is 37.4 Å². The quantitative estimate of drug-likeness (QED) is 0.829. The number of piperidine rings is 1. The highest BCUT2D eigenvalue weighted by Crippen LogP contribution is 2.21. The fourth-order valence-corrected chi connectivity index (χ4v) is 3.32. The number of amides is 1. The first-order chi connectivity index (χ1) is 12.1. The molecular weight excluding hydrogens is 317 g/mol. The van der Waals surface area contributed by atoms with Crippen LogP contribution >= 0.6 is 0 Å². The van der Waals surface area contributed by atoms with Crippen molar-refractivity contribution in [2.75, 3.05) is 13.1 Å². The Labute approximate surface area is 147 Å². The zero-order valence-electron chi connectivity index (χ0n) is 14.2. The lowest BCUT2D eigenvalue weighted by Crippen LogP contribution is -2.42. The molecule has 0 radical (unpaired) electrons. The van der Waals surface area contributed by atoms with E-state index < -0.39 is 0 Å². The number of likely N-dealkylation sites (tertiary alicyclic amines) is 1. The van der Waals surface area contributed by atoms with Crippen LogP contribution in [-0.2, 0) is 11.2 Å². The fourth-order valence-electron chi connectivity index (χ4n) is 3.32. The number of hydrogen-bond acceptors (Lipinski definition) is 2. The van der Waals surface area contributed by atoms with Crippen LogP contribution in [-0.4, -0.2) is 29.7 Å². The van der Waals surface area contributed by atoms with E-state index in [2.05, 4.69) is 0 Å². The monoisotopic (exact) mass is 339 g/mol. The zero-order valence-corrected chi connectivity index (χ0v) is 14.2. The first kappa shape index (κ1) is 17.3. The third kappa shape index (κ3) is 4.53. The van der Waals surface area contributed by atoms with Gasteiger partial charge in [0.1, 0.15) is 11.6 Å². The van der Waals surface area contributed by atoms with Gasteiger partial charge in [-0.05, 0) is 49.1 Å². The minimum absolute atomic E-state index is 0.0955. The molecule has 1 amide bonds. The van der Waals surface area contributed by atoms with Gasteiger partial charge in [-0.3, -0.25) is 9.59 Å². The third-order valence-electron chi connectivity index (χ3n) is 4.76. The summed E-state index contributed by atoms with van der Waals surface area (Å²) in [5, 5.41) is 0. The average molecular weight is 339 g/mol. The number of Topliss-reactive ketones (excluding diaryl/α,β-unsaturated/α-hetero) is 1. The van der Waals surface area contributed by atoms with E-state index >= 15 is 0 Å². The van der Waals surface area contributed by atoms with Crippen molar-refractivity contribution in [3.8, 4) is 0 Å². The van der Waals surface area contributed by atoms with E-state index in [0.717, 1.165) is 24.8 Å². The van der Waals surface area contributed by atoms with Gasteiger partial charge >= 0.3 is 0 Å². The van der Waals surface area contributed by atoms with Crippen LogP contribution in [0.2, 0.25) is 0 Å². The van der Waals surface area contributed by atoms with Crippen molar-refractivity contribution in [2.45, 2.75) is 25.7 Å². The van der Waals surface area contributed by atoms with E-state index in [9.17, 15) is 14.0 Å². The maximum Gasteiger partial charge on any atom is 0.253 e. The van der Waals surface area contributed by atoms with Crippen molar-refractivity contribution in [3.05, 3.63) is 71.5 Å². The number of halogens is 1. The molecule has 0 saturated carbocycles. The van der Waals surface area contributed by atoms with Crippen LogP contribution in [0.1, 0.15) is 35.2 Å². The smallest absolute Gasteiger partial charge is 0.253 e. The van der Waals surface area contributed by atoms with Crippen molar-refractivity contribution >= 4 is 11.7 Å². The number of ketones is 1. The van der Waals surface area contributed by atoms with Gasteiger partial charge in [-0.1, -0.05) is 30.3 Å². The summed E-state index contributed by atoms with van der Waals surface area (Å²) in [5.41, 5.74) is 1.63. The molecule has 1 aliphatic rings. The molecule has 1 heterocycles. The van der Waals surface area contributed by atoms with E-state index in [1.165, 1.54) is 24.3 Å². The summed E-state index contributed by atoms with van der Waals surface area (Å²) in [6.07, 6.45) is 2.91. The lowest BCUT2D eigenvalue weighted by molar-refractivity contribution is -0.124. The molecule has 3 nitrogen and oxygen atoms in total. The summed E-state index contributed by atoms with van der Waals surface area (Å²) in [6, 6.07) is 15.5. The summed E-state index contributed by atoms with van der Waals surface area (Å²) >= 11 is 0. The van der Waals surface area contributed by atoms with Crippen LogP contribution in [0.5, 0.6) is 0 Å². The number of hydrogen-bond donors (Lipinski definition) is 0. The van der Waals surface area contributed by atoms with Gasteiger partial charge in [0.2, 0.25) is 0 Å². The van der Waals surface area contributed by atoms with Gasteiger partial charge in [0.05, 0.1) is 0 Å². The molecule has 130 valence electrons. The summed E-state index contributed by atoms with van der Waals surface area (Å²) in [6.45, 7) is 1.11. The normalized spacial score (nSPS) is 17.3. The lowest BCUT2D eigenvalue weighted by atomic mass is 9.90. The van der Waals surface area contributed by atoms with Crippen molar-refractivity contribution < 1.29 is 14.0 Å². The number of nitrogens with zero attached hydrogens (tertiary/aromatic N) is 1. The van der Waals surface area contributed by atoms with Gasteiger partial charge in [0.15, 0.2) is 0 Å². The van der Waals surface area contributed by atoms with Crippen LogP contribution in [0.15, 0.2) is 54.6 Å². The van der Waals surface area contributed by atoms with Crippen LogP contribution in [0.3, 0.4) is 0 Å². The van der Waals surface area contributed by atoms with E-state index in [4.69, 9.17) is 0 Å².